The van der Waals surface area contributed by atoms with Gasteiger partial charge in [-0.25, -0.2) is 0 Å². The average molecular weight is 430 g/mol. The lowest BCUT2D eigenvalue weighted by molar-refractivity contribution is -0.117. The van der Waals surface area contributed by atoms with Gasteiger partial charge in [-0.3, -0.25) is 4.79 Å². The van der Waals surface area contributed by atoms with Gasteiger partial charge in [-0.15, -0.1) is 0 Å². The third-order valence-corrected chi connectivity index (χ3v) is 5.36. The van der Waals surface area contributed by atoms with Gasteiger partial charge in [0.2, 0.25) is 0 Å². The van der Waals surface area contributed by atoms with Crippen LogP contribution in [0.15, 0.2) is 54.1 Å². The molecule has 6 heteroatoms. The zero-order chi connectivity index (χ0) is 23.3. The Bertz CT molecular complexity index is 1200. The summed E-state index contributed by atoms with van der Waals surface area (Å²) in [7, 11) is 3.14. The fraction of sp³-hybridized carbons (Fsp3) is 0.231. The molecule has 1 heterocycles. The van der Waals surface area contributed by atoms with Gasteiger partial charge in [-0.2, -0.15) is 5.26 Å². The van der Waals surface area contributed by atoms with E-state index in [2.05, 4.69) is 34.1 Å². The molecule has 0 aliphatic rings. The first kappa shape index (κ1) is 22.7. The van der Waals surface area contributed by atoms with Crippen LogP contribution >= 0.6 is 0 Å². The van der Waals surface area contributed by atoms with Gasteiger partial charge in [-0.1, -0.05) is 17.7 Å². The van der Waals surface area contributed by atoms with E-state index in [1.165, 1.54) is 5.56 Å². The van der Waals surface area contributed by atoms with E-state index < -0.39 is 5.91 Å². The molecule has 3 aromatic rings. The minimum atomic E-state index is -0.439. The van der Waals surface area contributed by atoms with Crippen LogP contribution in [-0.4, -0.2) is 24.7 Å². The van der Waals surface area contributed by atoms with E-state index in [1.54, 1.807) is 32.4 Å². The fourth-order valence-corrected chi connectivity index (χ4v) is 3.60. The molecule has 0 spiro atoms. The van der Waals surface area contributed by atoms with Gasteiger partial charge in [0.05, 0.1) is 14.2 Å². The van der Waals surface area contributed by atoms with Crippen LogP contribution in [0.3, 0.4) is 0 Å². The summed E-state index contributed by atoms with van der Waals surface area (Å²) < 4.78 is 12.7. The zero-order valence-corrected chi connectivity index (χ0v) is 19.0. The van der Waals surface area contributed by atoms with Crippen LogP contribution in [0.2, 0.25) is 0 Å². The number of amides is 1. The predicted octanol–water partition coefficient (Wildman–Crippen LogP) is 4.64. The molecule has 0 saturated heterocycles. The van der Waals surface area contributed by atoms with Crippen molar-refractivity contribution in [3.63, 3.8) is 0 Å². The number of carbonyl (C=O) groups excluding carboxylic acids is 1. The lowest BCUT2D eigenvalue weighted by Gasteiger charge is -2.11. The topological polar surface area (TPSA) is 76.3 Å². The van der Waals surface area contributed by atoms with E-state index in [0.29, 0.717) is 11.5 Å². The Hall–Kier alpha value is -3.98. The van der Waals surface area contributed by atoms with Crippen molar-refractivity contribution in [2.75, 3.05) is 14.2 Å². The monoisotopic (exact) mass is 429 g/mol. The molecule has 1 aromatic heterocycles. The van der Waals surface area contributed by atoms with E-state index in [1.807, 2.05) is 39.0 Å². The Morgan fingerprint density at radius 3 is 2.41 bits per heavy atom. The van der Waals surface area contributed by atoms with Crippen LogP contribution in [0.4, 0.5) is 0 Å². The van der Waals surface area contributed by atoms with Crippen LogP contribution in [0, 0.1) is 32.1 Å². The van der Waals surface area contributed by atoms with Crippen molar-refractivity contribution in [1.82, 2.24) is 9.88 Å². The SMILES string of the molecule is COc1ccc(CNC(=O)/C(C#N)=C/c2cc(C)n(-c3ccc(C)cc3)c2C)c(OC)c1. The van der Waals surface area contributed by atoms with Crippen molar-refractivity contribution >= 4 is 12.0 Å². The normalized spacial score (nSPS) is 11.1. The highest BCUT2D eigenvalue weighted by atomic mass is 16.5. The first-order valence-corrected chi connectivity index (χ1v) is 10.2. The first-order chi connectivity index (χ1) is 15.4. The molecular formula is C26H27N3O3. The maximum Gasteiger partial charge on any atom is 0.262 e. The summed E-state index contributed by atoms with van der Waals surface area (Å²) in [5.74, 6) is 0.831. The third-order valence-electron chi connectivity index (χ3n) is 5.36. The maximum atomic E-state index is 12.7. The van der Waals surface area contributed by atoms with E-state index >= 15 is 0 Å². The molecule has 32 heavy (non-hydrogen) atoms. The molecule has 0 fully saturated rings. The summed E-state index contributed by atoms with van der Waals surface area (Å²) >= 11 is 0. The Balaban J connectivity index is 1.82. The number of aryl methyl sites for hydroxylation is 2. The van der Waals surface area contributed by atoms with Crippen LogP contribution in [-0.2, 0) is 11.3 Å². The molecule has 0 radical (unpaired) electrons. The second kappa shape index (κ2) is 9.88. The highest BCUT2D eigenvalue weighted by Gasteiger charge is 2.14. The van der Waals surface area contributed by atoms with Crippen molar-refractivity contribution in [3.8, 4) is 23.3 Å². The number of methoxy groups -OCH3 is 2. The van der Waals surface area contributed by atoms with Crippen LogP contribution < -0.4 is 14.8 Å². The van der Waals surface area contributed by atoms with E-state index in [-0.39, 0.29) is 12.1 Å². The molecule has 2 aromatic carbocycles. The molecule has 0 atom stereocenters. The van der Waals surface area contributed by atoms with Crippen LogP contribution in [0.1, 0.15) is 28.1 Å². The van der Waals surface area contributed by atoms with Gasteiger partial charge in [0.25, 0.3) is 5.91 Å². The van der Waals surface area contributed by atoms with Crippen molar-refractivity contribution in [3.05, 3.63) is 82.2 Å². The Kier molecular flexibility index (Phi) is 7.01. The molecule has 3 rings (SSSR count). The molecular weight excluding hydrogens is 402 g/mol. The summed E-state index contributed by atoms with van der Waals surface area (Å²) in [6.45, 7) is 6.26. The fourth-order valence-electron chi connectivity index (χ4n) is 3.60. The quantitative estimate of drug-likeness (QED) is 0.438. The van der Waals surface area contributed by atoms with Gasteiger partial charge < -0.3 is 19.4 Å². The Labute approximate surface area is 188 Å². The lowest BCUT2D eigenvalue weighted by Crippen LogP contribution is -2.24. The van der Waals surface area contributed by atoms with Gasteiger partial charge in [0.1, 0.15) is 23.1 Å². The second-order valence-corrected chi connectivity index (χ2v) is 7.53. The number of aromatic nitrogens is 1. The molecule has 0 saturated carbocycles. The number of nitriles is 1. The molecule has 1 N–H and O–H groups in total. The van der Waals surface area contributed by atoms with Crippen molar-refractivity contribution in [2.24, 2.45) is 0 Å². The van der Waals surface area contributed by atoms with Crippen molar-refractivity contribution < 1.29 is 14.3 Å². The number of rotatable bonds is 7. The number of nitrogens with one attached hydrogen (secondary N) is 1. The zero-order valence-electron chi connectivity index (χ0n) is 19.0. The number of carbonyl (C=O) groups is 1. The largest absolute Gasteiger partial charge is 0.497 e. The highest BCUT2D eigenvalue weighted by Crippen LogP contribution is 2.25. The molecule has 0 aliphatic heterocycles. The molecule has 6 nitrogen and oxygen atoms in total. The summed E-state index contributed by atoms with van der Waals surface area (Å²) in [6.07, 6.45) is 1.63. The second-order valence-electron chi connectivity index (χ2n) is 7.53. The smallest absolute Gasteiger partial charge is 0.262 e. The number of benzene rings is 2. The summed E-state index contributed by atoms with van der Waals surface area (Å²) in [5.41, 5.74) is 5.88. The van der Waals surface area contributed by atoms with E-state index in [4.69, 9.17) is 9.47 Å². The van der Waals surface area contributed by atoms with Crippen LogP contribution in [0.5, 0.6) is 11.5 Å². The Morgan fingerprint density at radius 1 is 1.06 bits per heavy atom. The number of nitrogens with zero attached hydrogens (tertiary/aromatic N) is 2. The predicted molar refractivity (Wildman–Crippen MR) is 125 cm³/mol. The third kappa shape index (κ3) is 4.84. The molecule has 0 unspecified atom stereocenters. The minimum Gasteiger partial charge on any atom is -0.497 e. The van der Waals surface area contributed by atoms with E-state index in [0.717, 1.165) is 28.2 Å². The first-order valence-electron chi connectivity index (χ1n) is 10.2. The maximum absolute atomic E-state index is 12.7. The Morgan fingerprint density at radius 2 is 1.78 bits per heavy atom. The van der Waals surface area contributed by atoms with Crippen molar-refractivity contribution in [2.45, 2.75) is 27.3 Å². The summed E-state index contributed by atoms with van der Waals surface area (Å²) in [5, 5.41) is 12.4. The molecule has 0 bridgehead atoms. The van der Waals surface area contributed by atoms with Gasteiger partial charge >= 0.3 is 0 Å². The summed E-state index contributed by atoms with van der Waals surface area (Å²) in [4.78, 5) is 12.7. The highest BCUT2D eigenvalue weighted by molar-refractivity contribution is 6.01. The standard InChI is InChI=1S/C26H27N3O3/c1-17-6-9-23(10-7-17)29-18(2)12-21(19(29)3)13-22(15-27)26(30)28-16-20-8-11-24(31-4)14-25(20)32-5/h6-14H,16H2,1-5H3,(H,28,30)/b22-13+. The van der Waals surface area contributed by atoms with Gasteiger partial charge in [0.15, 0.2) is 0 Å². The molecule has 0 aliphatic carbocycles. The molecule has 164 valence electrons. The molecule has 1 amide bonds. The van der Waals surface area contributed by atoms with Gasteiger partial charge in [0, 0.05) is 35.2 Å². The lowest BCUT2D eigenvalue weighted by atomic mass is 10.1. The average Bonchev–Trinajstić information content (AvgIpc) is 3.08. The number of hydrogen-bond donors (Lipinski definition) is 1. The van der Waals surface area contributed by atoms with Crippen molar-refractivity contribution in [1.29, 1.82) is 5.26 Å². The summed E-state index contributed by atoms with van der Waals surface area (Å²) in [6, 6.07) is 17.6. The minimum absolute atomic E-state index is 0.0432. The van der Waals surface area contributed by atoms with Crippen LogP contribution in [0.25, 0.3) is 11.8 Å². The van der Waals surface area contributed by atoms with E-state index in [9.17, 15) is 10.1 Å². The van der Waals surface area contributed by atoms with Gasteiger partial charge in [-0.05, 0) is 62.7 Å². The number of hydrogen-bond acceptors (Lipinski definition) is 4. The number of ether oxygens (including phenoxy) is 2.